The molecule has 6 nitrogen and oxygen atoms in total. The predicted octanol–water partition coefficient (Wildman–Crippen LogP) is 4.41. The molecule has 0 aromatic heterocycles. The van der Waals surface area contributed by atoms with Gasteiger partial charge < -0.3 is 10.0 Å². The van der Waals surface area contributed by atoms with Crippen LogP contribution in [0.3, 0.4) is 0 Å². The van der Waals surface area contributed by atoms with Gasteiger partial charge in [0.25, 0.3) is 10.1 Å². The Morgan fingerprint density at radius 1 is 1.23 bits per heavy atom. The van der Waals surface area contributed by atoms with E-state index >= 15 is 0 Å². The average molecular weight is 436 g/mol. The molecule has 2 atom stereocenters. The Bertz CT molecular complexity index is 923. The van der Waals surface area contributed by atoms with Crippen LogP contribution >= 0.6 is 0 Å². The van der Waals surface area contributed by atoms with E-state index in [2.05, 4.69) is 43.5 Å². The largest absolute Gasteiger partial charge is 0.481 e. The summed E-state index contributed by atoms with van der Waals surface area (Å²) in [5, 5.41) is 9.22. The Morgan fingerprint density at radius 3 is 2.60 bits per heavy atom. The molecule has 1 aliphatic heterocycles. The van der Waals surface area contributed by atoms with Crippen molar-refractivity contribution in [3.8, 4) is 0 Å². The normalized spacial score (nSPS) is 25.1. The minimum atomic E-state index is -3.95. The fourth-order valence-corrected chi connectivity index (χ4v) is 6.51. The molecular formula is C23H33NO5S. The highest BCUT2D eigenvalue weighted by molar-refractivity contribution is 7.85. The molecular weight excluding hydrogens is 402 g/mol. The molecule has 30 heavy (non-hydrogen) atoms. The van der Waals surface area contributed by atoms with Crippen molar-refractivity contribution in [2.24, 2.45) is 5.41 Å². The molecule has 1 heterocycles. The molecule has 1 fully saturated rings. The molecule has 0 spiro atoms. The van der Waals surface area contributed by atoms with Gasteiger partial charge in [-0.3, -0.25) is 9.35 Å². The van der Waals surface area contributed by atoms with Crippen molar-refractivity contribution in [1.82, 2.24) is 0 Å². The van der Waals surface area contributed by atoms with Crippen molar-refractivity contribution in [3.63, 3.8) is 0 Å². The fraction of sp³-hybridized carbons (Fsp3) is 0.609. The van der Waals surface area contributed by atoms with Crippen LogP contribution in [0.25, 0.3) is 0 Å². The van der Waals surface area contributed by atoms with Crippen molar-refractivity contribution < 1.29 is 22.9 Å². The Labute approximate surface area is 179 Å². The third-order valence-electron chi connectivity index (χ3n) is 7.03. The molecule has 0 saturated heterocycles. The quantitative estimate of drug-likeness (QED) is 0.339. The van der Waals surface area contributed by atoms with E-state index in [1.165, 1.54) is 11.1 Å². The Balaban J connectivity index is 1.96. The number of aliphatic carboxylic acids is 1. The highest BCUT2D eigenvalue weighted by atomic mass is 32.2. The van der Waals surface area contributed by atoms with Gasteiger partial charge in [0.15, 0.2) is 0 Å². The topological polar surface area (TPSA) is 94.9 Å². The molecule has 0 radical (unpaired) electrons. The summed E-state index contributed by atoms with van der Waals surface area (Å²) < 4.78 is 31.2. The highest BCUT2D eigenvalue weighted by Crippen LogP contribution is 2.63. The summed E-state index contributed by atoms with van der Waals surface area (Å²) in [7, 11) is -3.95. The number of nitrogens with zero attached hydrogens (tertiary/aromatic N) is 1. The lowest BCUT2D eigenvalue weighted by Crippen LogP contribution is -2.56. The van der Waals surface area contributed by atoms with E-state index in [1.807, 2.05) is 6.07 Å². The third kappa shape index (κ3) is 4.28. The van der Waals surface area contributed by atoms with Gasteiger partial charge in [-0.05, 0) is 55.6 Å². The Morgan fingerprint density at radius 2 is 1.93 bits per heavy atom. The molecule has 166 valence electrons. The third-order valence-corrected chi connectivity index (χ3v) is 7.84. The van der Waals surface area contributed by atoms with Crippen molar-refractivity contribution in [1.29, 1.82) is 0 Å². The van der Waals surface area contributed by atoms with Gasteiger partial charge >= 0.3 is 5.97 Å². The number of hydrogen-bond acceptors (Lipinski definition) is 4. The van der Waals surface area contributed by atoms with Crippen molar-refractivity contribution in [2.45, 2.75) is 70.3 Å². The van der Waals surface area contributed by atoms with Crippen LogP contribution < -0.4 is 4.90 Å². The zero-order valence-corrected chi connectivity index (χ0v) is 18.7. The lowest BCUT2D eigenvalue weighted by Gasteiger charge is -2.54. The number of carboxylic acids is 1. The van der Waals surface area contributed by atoms with Gasteiger partial charge in [-0.1, -0.05) is 44.2 Å². The predicted molar refractivity (Wildman–Crippen MR) is 119 cm³/mol. The Kier molecular flexibility index (Phi) is 6.35. The van der Waals surface area contributed by atoms with E-state index in [0.29, 0.717) is 25.8 Å². The van der Waals surface area contributed by atoms with Crippen molar-refractivity contribution in [3.05, 3.63) is 42.0 Å². The summed E-state index contributed by atoms with van der Waals surface area (Å²) in [5.41, 5.74) is 3.38. The molecule has 3 rings (SSSR count). The van der Waals surface area contributed by atoms with Crippen LogP contribution in [-0.4, -0.2) is 42.4 Å². The van der Waals surface area contributed by atoms with Gasteiger partial charge in [0.2, 0.25) is 0 Å². The van der Waals surface area contributed by atoms with Gasteiger partial charge in [0.05, 0.1) is 5.75 Å². The van der Waals surface area contributed by atoms with Gasteiger partial charge in [0, 0.05) is 30.1 Å². The first-order valence-corrected chi connectivity index (χ1v) is 12.3. The minimum absolute atomic E-state index is 0.0786. The van der Waals surface area contributed by atoms with E-state index in [0.717, 1.165) is 24.9 Å². The van der Waals surface area contributed by atoms with Crippen molar-refractivity contribution >= 4 is 21.8 Å². The summed E-state index contributed by atoms with van der Waals surface area (Å²) in [6, 6.07) is 8.54. The first kappa shape index (κ1) is 22.8. The number of fused-ring (bicyclic) bond motifs is 3. The molecule has 0 bridgehead atoms. The minimum Gasteiger partial charge on any atom is -0.481 e. The average Bonchev–Trinajstić information content (AvgIpc) is 2.88. The molecule has 1 aromatic rings. The highest BCUT2D eigenvalue weighted by Gasteiger charge is 2.60. The maximum atomic E-state index is 11.2. The smallest absolute Gasteiger partial charge is 0.303 e. The molecule has 1 saturated carbocycles. The number of hydrogen-bond donors (Lipinski definition) is 2. The van der Waals surface area contributed by atoms with Crippen LogP contribution in [0.5, 0.6) is 0 Å². The van der Waals surface area contributed by atoms with Crippen LogP contribution in [0.4, 0.5) is 5.69 Å². The summed E-state index contributed by atoms with van der Waals surface area (Å²) in [5.74, 6) is -0.996. The molecule has 2 N–H and O–H groups in total. The van der Waals surface area contributed by atoms with E-state index < -0.39 is 16.1 Å². The standard InChI is InChI=1S/C23H33NO5S/c1-17-15-20-23(22(2,3)16-17,12-8-11-21(25)26)18-9-4-5-10-19(18)24(20)13-6-7-14-30(27,28)29/h4-5,9-10,20H,1,6-8,11-16H2,2-3H3,(H,25,26)(H,27,28,29). The summed E-state index contributed by atoms with van der Waals surface area (Å²) in [4.78, 5) is 13.6. The van der Waals surface area contributed by atoms with Crippen LogP contribution in [0.1, 0.15) is 64.4 Å². The number of anilines is 1. The number of carboxylic acid groups (broad SMARTS) is 1. The van der Waals surface area contributed by atoms with Crippen LogP contribution in [0.15, 0.2) is 36.4 Å². The first-order chi connectivity index (χ1) is 14.0. The zero-order valence-electron chi connectivity index (χ0n) is 17.9. The van der Waals surface area contributed by atoms with Gasteiger partial charge in [-0.25, -0.2) is 0 Å². The second kappa shape index (κ2) is 8.35. The fourth-order valence-electron chi connectivity index (χ4n) is 5.94. The molecule has 1 aromatic carbocycles. The van der Waals surface area contributed by atoms with Gasteiger partial charge in [-0.15, -0.1) is 0 Å². The van der Waals surface area contributed by atoms with Gasteiger partial charge in [0.1, 0.15) is 0 Å². The van der Waals surface area contributed by atoms with E-state index in [9.17, 15) is 18.3 Å². The number of unbranched alkanes of at least 4 members (excludes halogenated alkanes) is 1. The van der Waals surface area contributed by atoms with Crippen LogP contribution in [0.2, 0.25) is 0 Å². The van der Waals surface area contributed by atoms with Gasteiger partial charge in [-0.2, -0.15) is 8.42 Å². The molecule has 7 heteroatoms. The van der Waals surface area contributed by atoms with E-state index in [-0.39, 0.29) is 29.0 Å². The molecule has 1 aliphatic carbocycles. The second-order valence-electron chi connectivity index (χ2n) is 9.45. The van der Waals surface area contributed by atoms with Crippen LogP contribution in [-0.2, 0) is 20.3 Å². The Hall–Kier alpha value is -1.86. The first-order valence-electron chi connectivity index (χ1n) is 10.7. The molecule has 2 aliphatic rings. The number of para-hydroxylation sites is 1. The maximum absolute atomic E-state index is 11.2. The number of carbonyl (C=O) groups is 1. The SMILES string of the molecule is C=C1CC2N(CCCCS(=O)(=O)O)c3ccccc3C2(CCCC(=O)O)C(C)(C)C1. The molecule has 2 unspecified atom stereocenters. The number of rotatable bonds is 9. The zero-order chi connectivity index (χ0) is 22.2. The summed E-state index contributed by atoms with van der Waals surface area (Å²) >= 11 is 0. The van der Waals surface area contributed by atoms with E-state index in [1.54, 1.807) is 0 Å². The summed E-state index contributed by atoms with van der Waals surface area (Å²) in [6.45, 7) is 9.53. The molecule has 0 amide bonds. The monoisotopic (exact) mass is 435 g/mol. The second-order valence-corrected chi connectivity index (χ2v) is 11.0. The number of benzene rings is 1. The summed E-state index contributed by atoms with van der Waals surface area (Å²) in [6.07, 6.45) is 4.38. The van der Waals surface area contributed by atoms with E-state index in [4.69, 9.17) is 4.55 Å². The lowest BCUT2D eigenvalue weighted by molar-refractivity contribution is -0.137. The maximum Gasteiger partial charge on any atom is 0.303 e. The van der Waals surface area contributed by atoms with Crippen LogP contribution in [0, 0.1) is 5.41 Å². The van der Waals surface area contributed by atoms with Crippen molar-refractivity contribution in [2.75, 3.05) is 17.2 Å². The lowest BCUT2D eigenvalue weighted by atomic mass is 9.51.